The van der Waals surface area contributed by atoms with E-state index in [0.29, 0.717) is 0 Å². The van der Waals surface area contributed by atoms with Gasteiger partial charge in [0.25, 0.3) is 0 Å². The Kier molecular flexibility index (Phi) is 319. The van der Waals surface area contributed by atoms with Crippen LogP contribution in [-0.2, 0) is 72.0 Å². The summed E-state index contributed by atoms with van der Waals surface area (Å²) in [6.07, 6.45) is 0. The minimum atomic E-state index is 0. The molecule has 0 aromatic carbocycles. The van der Waals surface area contributed by atoms with Crippen molar-refractivity contribution in [3.8, 4) is 0 Å². The molecule has 0 amide bonds. The number of hydrogen-bond donors (Lipinski definition) is 0. The van der Waals surface area contributed by atoms with Crippen LogP contribution in [0.4, 0.5) is 0 Å². The molecule has 0 saturated carbocycles. The zero-order valence-electron chi connectivity index (χ0n) is 2.85. The molecule has 0 rings (SSSR count). The third-order valence-electron chi connectivity index (χ3n) is 0. The van der Waals surface area contributed by atoms with Gasteiger partial charge in [0, 0.05) is 72.0 Å². The molecule has 0 spiro atoms. The Morgan fingerprint density at radius 1 is 1.00 bits per heavy atom. The van der Waals surface area contributed by atoms with Crippen LogP contribution in [0.25, 0.3) is 0 Å². The van der Waals surface area contributed by atoms with Gasteiger partial charge in [0.05, 0.1) is 0 Å². The van der Waals surface area contributed by atoms with Crippen molar-refractivity contribution in [2.75, 3.05) is 0 Å². The van der Waals surface area contributed by atoms with Crippen LogP contribution in [0.5, 0.6) is 0 Å². The topological polar surface area (TPSA) is 0 Å². The van der Waals surface area contributed by atoms with Crippen molar-refractivity contribution in [2.24, 2.45) is 0 Å². The second-order valence-electron chi connectivity index (χ2n) is 0. The molecule has 0 aliphatic carbocycles. The van der Waals surface area contributed by atoms with Crippen LogP contribution in [0.15, 0.2) is 0 Å². The molecule has 3 radical (unpaired) electrons. The van der Waals surface area contributed by atoms with Gasteiger partial charge in [-0.3, -0.25) is 0 Å². The molecule has 0 aromatic rings. The van der Waals surface area contributed by atoms with E-state index >= 15 is 0 Å². The maximum absolute atomic E-state index is 0. The molecular formula is H5CrCuMoNiSbSn. The third-order valence-corrected chi connectivity index (χ3v) is 0. The predicted octanol–water partition coefficient (Wildman–Crippen LogP) is -2.11. The Hall–Kier alpha value is 3.85. The van der Waals surface area contributed by atoms with Crippen molar-refractivity contribution in [1.29, 1.82) is 0 Å². The van der Waals surface area contributed by atoms with Gasteiger partial charge in [0.1, 0.15) is 0 Å². The van der Waals surface area contributed by atoms with Gasteiger partial charge in [-0.25, -0.2) is 0 Å². The molecule has 6 heteroatoms. The van der Waals surface area contributed by atoms with E-state index < -0.39 is 0 Å². The molecule has 0 heterocycles. The van der Waals surface area contributed by atoms with E-state index in [0.717, 1.165) is 0 Å². The molecule has 6 heavy (non-hydrogen) atoms. The third kappa shape index (κ3) is 24.8. The second kappa shape index (κ2) is 36.8. The second-order valence-corrected chi connectivity index (χ2v) is 0. The number of hydrogen-bond acceptors (Lipinski definition) is 0. The fourth-order valence-corrected chi connectivity index (χ4v) is 0. The first-order valence-electron chi connectivity index (χ1n) is 0. The average molecular weight is 516 g/mol. The summed E-state index contributed by atoms with van der Waals surface area (Å²) in [6.45, 7) is 0. The van der Waals surface area contributed by atoms with E-state index in [9.17, 15) is 0 Å². The fourth-order valence-electron chi connectivity index (χ4n) is 0. The maximum atomic E-state index is 0. The molecule has 0 unspecified atom stereocenters. The van der Waals surface area contributed by atoms with E-state index in [4.69, 9.17) is 0 Å². The van der Waals surface area contributed by atoms with Crippen molar-refractivity contribution < 1.29 is 72.0 Å². The van der Waals surface area contributed by atoms with Gasteiger partial charge in [-0.2, -0.15) is 0 Å². The minimum absolute atomic E-state index is 0. The van der Waals surface area contributed by atoms with Crippen LogP contribution in [-0.4, -0.2) is 48.3 Å². The summed E-state index contributed by atoms with van der Waals surface area (Å²) in [7, 11) is 0. The summed E-state index contributed by atoms with van der Waals surface area (Å²) < 4.78 is 0. The van der Waals surface area contributed by atoms with Gasteiger partial charge in [-0.15, -0.1) is 0 Å². The first kappa shape index (κ1) is 52.0. The molecule has 0 nitrogen and oxygen atoms in total. The van der Waals surface area contributed by atoms with Gasteiger partial charge in [0.15, 0.2) is 0 Å². The van der Waals surface area contributed by atoms with Gasteiger partial charge < -0.3 is 0 Å². The summed E-state index contributed by atoms with van der Waals surface area (Å²) >= 11 is 0. The predicted molar refractivity (Wildman–Crippen MR) is 18.5 cm³/mol. The van der Waals surface area contributed by atoms with Gasteiger partial charge in [-0.1, -0.05) is 0 Å². The Bertz CT molecular complexity index is 15.5. The molecule has 0 bridgehead atoms. The zero-order valence-corrected chi connectivity index (χ0v) is 16.1. The molecule has 0 aliphatic rings. The van der Waals surface area contributed by atoms with E-state index in [1.165, 1.54) is 0 Å². The molecule has 0 aliphatic heterocycles. The quantitative estimate of drug-likeness (QED) is 0.324. The Balaban J connectivity index is 0. The van der Waals surface area contributed by atoms with Crippen LogP contribution in [0, 0.1) is 0 Å². The summed E-state index contributed by atoms with van der Waals surface area (Å²) in [5.41, 5.74) is 0. The van der Waals surface area contributed by atoms with Crippen molar-refractivity contribution in [3.63, 3.8) is 0 Å². The van der Waals surface area contributed by atoms with Gasteiger partial charge in [0.2, 0.25) is 0 Å². The van der Waals surface area contributed by atoms with Crippen molar-refractivity contribution >= 4 is 48.3 Å². The molecule has 0 saturated heterocycles. The van der Waals surface area contributed by atoms with E-state index in [1.807, 2.05) is 0 Å². The van der Waals surface area contributed by atoms with Crippen LogP contribution >= 0.6 is 0 Å². The van der Waals surface area contributed by atoms with E-state index in [1.54, 1.807) is 0 Å². The van der Waals surface area contributed by atoms with Gasteiger partial charge in [-0.05, 0) is 0 Å². The molecule has 0 atom stereocenters. The van der Waals surface area contributed by atoms with Crippen LogP contribution in [0.3, 0.4) is 0 Å². The van der Waals surface area contributed by atoms with Crippen molar-refractivity contribution in [3.05, 3.63) is 0 Å². The first-order valence-corrected chi connectivity index (χ1v) is 0. The van der Waals surface area contributed by atoms with Crippen LogP contribution in [0.2, 0.25) is 0 Å². The van der Waals surface area contributed by atoms with Crippen LogP contribution < -0.4 is 0 Å². The van der Waals surface area contributed by atoms with Crippen LogP contribution in [0.1, 0.15) is 0 Å². The normalized spacial score (nSPS) is 0. The van der Waals surface area contributed by atoms with Crippen molar-refractivity contribution in [2.45, 2.75) is 0 Å². The number of rotatable bonds is 0. The zero-order chi connectivity index (χ0) is 0. The Labute approximate surface area is 118 Å². The SMILES string of the molecule is [Cr].[Cu].[Mo].[Ni].[SbH3].[SnH2]. The summed E-state index contributed by atoms with van der Waals surface area (Å²) in [5, 5.41) is 0. The summed E-state index contributed by atoms with van der Waals surface area (Å²) in [5.74, 6) is 0. The Morgan fingerprint density at radius 2 is 1.00 bits per heavy atom. The molecule has 47 valence electrons. The van der Waals surface area contributed by atoms with E-state index in [-0.39, 0.29) is 120 Å². The monoisotopic (exact) mass is 517 g/mol. The summed E-state index contributed by atoms with van der Waals surface area (Å²) in [4.78, 5) is 0. The molecular weight excluding hydrogens is 511 g/mol. The molecule has 0 aromatic heterocycles. The molecule has 0 N–H and O–H groups in total. The fraction of sp³-hybridized carbons (Fsp3) is 0. The first-order chi connectivity index (χ1) is 0. The van der Waals surface area contributed by atoms with Gasteiger partial charge >= 0.3 is 48.3 Å². The standard InChI is InChI=1S/Cr.Cu.Mo.Ni.Sb.Sn.5H. The average Bonchev–Trinajstić information content (AvgIpc) is 0. The Morgan fingerprint density at radius 3 is 1.00 bits per heavy atom. The molecule has 0 fully saturated rings. The van der Waals surface area contributed by atoms with E-state index in [2.05, 4.69) is 0 Å². The summed E-state index contributed by atoms with van der Waals surface area (Å²) in [6, 6.07) is 0. The van der Waals surface area contributed by atoms with Crippen molar-refractivity contribution in [1.82, 2.24) is 0 Å².